The summed E-state index contributed by atoms with van der Waals surface area (Å²) in [5, 5.41) is 11.1. The SMILES string of the molecule is COc1cccnc1C(=O)c1oc2cc(-c3ccccc3)cc(O)c2c1C. The Balaban J connectivity index is 1.87. The van der Waals surface area contributed by atoms with Crippen molar-refractivity contribution in [2.24, 2.45) is 0 Å². The van der Waals surface area contributed by atoms with E-state index in [-0.39, 0.29) is 23.0 Å². The normalized spacial score (nSPS) is 10.9. The van der Waals surface area contributed by atoms with Crippen LogP contribution >= 0.6 is 0 Å². The zero-order chi connectivity index (χ0) is 19.0. The molecule has 2 heterocycles. The predicted molar refractivity (Wildman–Crippen MR) is 102 cm³/mol. The van der Waals surface area contributed by atoms with Gasteiger partial charge in [-0.3, -0.25) is 4.79 Å². The topological polar surface area (TPSA) is 72.6 Å². The van der Waals surface area contributed by atoms with Crippen molar-refractivity contribution in [3.63, 3.8) is 0 Å². The number of aryl methyl sites for hydroxylation is 1. The zero-order valence-electron chi connectivity index (χ0n) is 14.9. The highest BCUT2D eigenvalue weighted by atomic mass is 16.5. The molecule has 4 aromatic rings. The summed E-state index contributed by atoms with van der Waals surface area (Å²) in [4.78, 5) is 17.1. The molecule has 5 heteroatoms. The Labute approximate surface area is 155 Å². The van der Waals surface area contributed by atoms with Crippen LogP contribution in [0.5, 0.6) is 11.5 Å². The van der Waals surface area contributed by atoms with Crippen molar-refractivity contribution in [1.82, 2.24) is 4.98 Å². The van der Waals surface area contributed by atoms with E-state index >= 15 is 0 Å². The average molecular weight is 359 g/mol. The molecule has 0 aliphatic carbocycles. The highest BCUT2D eigenvalue weighted by Crippen LogP contribution is 2.37. The van der Waals surface area contributed by atoms with E-state index in [0.717, 1.165) is 11.1 Å². The van der Waals surface area contributed by atoms with Crippen LogP contribution in [0.4, 0.5) is 0 Å². The van der Waals surface area contributed by atoms with E-state index in [0.29, 0.717) is 22.3 Å². The number of pyridine rings is 1. The number of phenols is 1. The lowest BCUT2D eigenvalue weighted by Crippen LogP contribution is -2.06. The highest BCUT2D eigenvalue weighted by molar-refractivity contribution is 6.11. The van der Waals surface area contributed by atoms with Crippen molar-refractivity contribution in [1.29, 1.82) is 0 Å². The number of aromatic hydroxyl groups is 1. The number of ketones is 1. The van der Waals surface area contributed by atoms with Gasteiger partial charge in [-0.25, -0.2) is 4.98 Å². The van der Waals surface area contributed by atoms with E-state index in [1.165, 1.54) is 13.3 Å². The number of carbonyl (C=O) groups is 1. The minimum atomic E-state index is -0.387. The van der Waals surface area contributed by atoms with Crippen molar-refractivity contribution >= 4 is 16.8 Å². The molecule has 2 aromatic carbocycles. The molecule has 0 radical (unpaired) electrons. The van der Waals surface area contributed by atoms with Gasteiger partial charge in [-0.1, -0.05) is 30.3 Å². The Bertz CT molecular complexity index is 1150. The number of hydrogen-bond acceptors (Lipinski definition) is 5. The van der Waals surface area contributed by atoms with E-state index in [4.69, 9.17) is 9.15 Å². The fourth-order valence-electron chi connectivity index (χ4n) is 3.21. The van der Waals surface area contributed by atoms with Gasteiger partial charge < -0.3 is 14.3 Å². The lowest BCUT2D eigenvalue weighted by molar-refractivity contribution is 0.100. The molecule has 1 N–H and O–H groups in total. The first kappa shape index (κ1) is 16.8. The van der Waals surface area contributed by atoms with Crippen molar-refractivity contribution in [3.05, 3.63) is 77.8 Å². The minimum Gasteiger partial charge on any atom is -0.507 e. The molecule has 27 heavy (non-hydrogen) atoms. The van der Waals surface area contributed by atoms with Crippen molar-refractivity contribution in [2.45, 2.75) is 6.92 Å². The van der Waals surface area contributed by atoms with E-state index in [1.807, 2.05) is 36.4 Å². The average Bonchev–Trinajstić information content (AvgIpc) is 3.05. The molecule has 2 aromatic heterocycles. The molecule has 0 aliphatic heterocycles. The fraction of sp³-hybridized carbons (Fsp3) is 0.0909. The molecule has 0 saturated carbocycles. The number of methoxy groups -OCH3 is 1. The van der Waals surface area contributed by atoms with Crippen LogP contribution in [0.1, 0.15) is 21.8 Å². The molecule has 0 amide bonds. The van der Waals surface area contributed by atoms with Gasteiger partial charge in [0.1, 0.15) is 17.1 Å². The molecule has 134 valence electrons. The Morgan fingerprint density at radius 3 is 2.59 bits per heavy atom. The molecule has 0 unspecified atom stereocenters. The Morgan fingerprint density at radius 1 is 1.07 bits per heavy atom. The molecular formula is C22H17NO4. The van der Waals surface area contributed by atoms with E-state index in [2.05, 4.69) is 4.98 Å². The molecule has 0 aliphatic rings. The lowest BCUT2D eigenvalue weighted by Gasteiger charge is -2.04. The van der Waals surface area contributed by atoms with Gasteiger partial charge >= 0.3 is 0 Å². The van der Waals surface area contributed by atoms with Gasteiger partial charge in [0.25, 0.3) is 5.78 Å². The van der Waals surface area contributed by atoms with Gasteiger partial charge in [0, 0.05) is 11.8 Å². The maximum absolute atomic E-state index is 13.0. The number of fused-ring (bicyclic) bond motifs is 1. The first-order valence-electron chi connectivity index (χ1n) is 8.45. The summed E-state index contributed by atoms with van der Waals surface area (Å²) in [7, 11) is 1.48. The third kappa shape index (κ3) is 2.83. The maximum atomic E-state index is 13.0. The first-order valence-corrected chi connectivity index (χ1v) is 8.45. The van der Waals surface area contributed by atoms with Crippen LogP contribution in [0.3, 0.4) is 0 Å². The number of carbonyl (C=O) groups excluding carboxylic acids is 1. The second kappa shape index (κ2) is 6.61. The fourth-order valence-corrected chi connectivity index (χ4v) is 3.21. The zero-order valence-corrected chi connectivity index (χ0v) is 14.9. The Kier molecular flexibility index (Phi) is 4.12. The smallest absolute Gasteiger partial charge is 0.250 e. The number of ether oxygens (including phenoxy) is 1. The van der Waals surface area contributed by atoms with Gasteiger partial charge in [-0.2, -0.15) is 0 Å². The monoisotopic (exact) mass is 359 g/mol. The lowest BCUT2D eigenvalue weighted by atomic mass is 10.0. The van der Waals surface area contributed by atoms with Gasteiger partial charge in [-0.15, -0.1) is 0 Å². The highest BCUT2D eigenvalue weighted by Gasteiger charge is 2.25. The summed E-state index contributed by atoms with van der Waals surface area (Å²) in [5.41, 5.74) is 2.95. The molecule has 0 fully saturated rings. The number of phenolic OH excluding ortho intramolecular Hbond substituents is 1. The quantitative estimate of drug-likeness (QED) is 0.532. The number of benzene rings is 2. The molecule has 0 atom stereocenters. The minimum absolute atomic E-state index is 0.0691. The van der Waals surface area contributed by atoms with Crippen LogP contribution in [0.15, 0.2) is 65.2 Å². The van der Waals surface area contributed by atoms with Crippen LogP contribution in [0.25, 0.3) is 22.1 Å². The summed E-state index contributed by atoms with van der Waals surface area (Å²) >= 11 is 0. The third-order valence-corrected chi connectivity index (χ3v) is 4.53. The Morgan fingerprint density at radius 2 is 1.85 bits per heavy atom. The van der Waals surface area contributed by atoms with Crippen LogP contribution < -0.4 is 4.74 Å². The van der Waals surface area contributed by atoms with E-state index in [9.17, 15) is 9.90 Å². The molecular weight excluding hydrogens is 342 g/mol. The summed E-state index contributed by atoms with van der Waals surface area (Å²) < 4.78 is 11.1. The maximum Gasteiger partial charge on any atom is 0.250 e. The standard InChI is InChI=1S/C22H17NO4/c1-13-19-16(24)11-15(14-7-4-3-5-8-14)12-18(19)27-22(13)21(25)20-17(26-2)9-6-10-23-20/h3-12,24H,1-2H3. The largest absolute Gasteiger partial charge is 0.507 e. The molecule has 0 bridgehead atoms. The van der Waals surface area contributed by atoms with Gasteiger partial charge in [0.2, 0.25) is 0 Å². The van der Waals surface area contributed by atoms with Gasteiger partial charge in [0.15, 0.2) is 11.5 Å². The Hall–Kier alpha value is -3.60. The number of furan rings is 1. The van der Waals surface area contributed by atoms with Gasteiger partial charge in [0.05, 0.1) is 12.5 Å². The molecule has 5 nitrogen and oxygen atoms in total. The number of aromatic nitrogens is 1. The van der Waals surface area contributed by atoms with Crippen molar-refractivity contribution < 1.29 is 19.1 Å². The van der Waals surface area contributed by atoms with Crippen LogP contribution in [0, 0.1) is 6.92 Å². The molecule has 0 saturated heterocycles. The second-order valence-electron chi connectivity index (χ2n) is 6.17. The number of rotatable bonds is 4. The van der Waals surface area contributed by atoms with Crippen LogP contribution in [-0.4, -0.2) is 23.0 Å². The summed E-state index contributed by atoms with van der Waals surface area (Å²) in [6.07, 6.45) is 1.53. The molecule has 4 rings (SSSR count). The second-order valence-corrected chi connectivity index (χ2v) is 6.17. The van der Waals surface area contributed by atoms with Crippen LogP contribution in [0.2, 0.25) is 0 Å². The van der Waals surface area contributed by atoms with Gasteiger partial charge in [-0.05, 0) is 42.3 Å². The predicted octanol–water partition coefficient (Wildman–Crippen LogP) is 4.75. The van der Waals surface area contributed by atoms with Crippen molar-refractivity contribution in [3.8, 4) is 22.6 Å². The van der Waals surface area contributed by atoms with E-state index < -0.39 is 0 Å². The molecule has 0 spiro atoms. The van der Waals surface area contributed by atoms with E-state index in [1.54, 1.807) is 25.1 Å². The first-order chi connectivity index (χ1) is 13.1. The number of nitrogens with zero attached hydrogens (tertiary/aromatic N) is 1. The summed E-state index contributed by atoms with van der Waals surface area (Å²) in [5.74, 6) is 0.195. The summed E-state index contributed by atoms with van der Waals surface area (Å²) in [6, 6.07) is 16.5. The van der Waals surface area contributed by atoms with Crippen molar-refractivity contribution in [2.75, 3.05) is 7.11 Å². The van der Waals surface area contributed by atoms with Crippen LogP contribution in [-0.2, 0) is 0 Å². The number of hydrogen-bond donors (Lipinski definition) is 1. The third-order valence-electron chi connectivity index (χ3n) is 4.53. The summed E-state index contributed by atoms with van der Waals surface area (Å²) in [6.45, 7) is 1.75.